The average Bonchev–Trinajstić information content (AvgIpc) is 2.20. The van der Waals surface area contributed by atoms with Crippen LogP contribution in [0, 0.1) is 11.6 Å². The Labute approximate surface area is 94.4 Å². The van der Waals surface area contributed by atoms with Crippen LogP contribution in [0.15, 0.2) is 12.1 Å². The fourth-order valence-electron chi connectivity index (χ4n) is 1.42. The Balaban J connectivity index is 2.47. The maximum Gasteiger partial charge on any atom is 0.190 e. The Morgan fingerprint density at radius 2 is 1.75 bits per heavy atom. The Bertz CT molecular complexity index is 319. The number of unbranched alkanes of at least 4 members (excludes halogenated alkanes) is 3. The fraction of sp³-hybridized carbons (Fsp3) is 0.500. The molecule has 0 amide bonds. The molecule has 0 saturated heterocycles. The predicted octanol–water partition coefficient (Wildman–Crippen LogP) is 3.51. The molecule has 1 rings (SSSR count). The summed E-state index contributed by atoms with van der Waals surface area (Å²) in [6.45, 7) is 2.43. The lowest BCUT2D eigenvalue weighted by molar-refractivity contribution is 0.275. The van der Waals surface area contributed by atoms with Gasteiger partial charge in [0.05, 0.1) is 6.61 Å². The van der Waals surface area contributed by atoms with Crippen molar-refractivity contribution in [2.24, 2.45) is 0 Å². The number of ether oxygens (including phenoxy) is 1. The van der Waals surface area contributed by atoms with Crippen LogP contribution in [-0.4, -0.2) is 6.61 Å². The molecule has 0 aliphatic carbocycles. The standard InChI is InChI=1S/C12H17F2NO/c1-2-3-4-5-6-16-12-10(13)7-9(15)8-11(12)14/h7-8H,2-6,15H2,1H3. The summed E-state index contributed by atoms with van der Waals surface area (Å²) >= 11 is 0. The summed E-state index contributed by atoms with van der Waals surface area (Å²) in [5.74, 6) is -1.81. The second-order valence-corrected chi connectivity index (χ2v) is 3.72. The van der Waals surface area contributed by atoms with Gasteiger partial charge in [0.15, 0.2) is 17.4 Å². The van der Waals surface area contributed by atoms with Crippen molar-refractivity contribution in [1.82, 2.24) is 0 Å². The molecule has 2 N–H and O–H groups in total. The molecular weight excluding hydrogens is 212 g/mol. The zero-order chi connectivity index (χ0) is 12.0. The Morgan fingerprint density at radius 1 is 1.12 bits per heavy atom. The van der Waals surface area contributed by atoms with Gasteiger partial charge in [-0.25, -0.2) is 8.78 Å². The van der Waals surface area contributed by atoms with Gasteiger partial charge in [0.25, 0.3) is 0 Å². The van der Waals surface area contributed by atoms with Gasteiger partial charge in [-0.05, 0) is 6.42 Å². The molecule has 0 aromatic heterocycles. The van der Waals surface area contributed by atoms with Crippen LogP contribution in [0.2, 0.25) is 0 Å². The van der Waals surface area contributed by atoms with Gasteiger partial charge in [0.2, 0.25) is 0 Å². The number of benzene rings is 1. The number of nitrogens with two attached hydrogens (primary N) is 1. The third kappa shape index (κ3) is 3.68. The quantitative estimate of drug-likeness (QED) is 0.598. The van der Waals surface area contributed by atoms with Crippen LogP contribution in [0.1, 0.15) is 32.6 Å². The summed E-state index contributed by atoms with van der Waals surface area (Å²) in [4.78, 5) is 0. The molecule has 0 saturated carbocycles. The molecule has 1 aromatic carbocycles. The molecule has 0 radical (unpaired) electrons. The van der Waals surface area contributed by atoms with Crippen LogP contribution in [0.4, 0.5) is 14.5 Å². The van der Waals surface area contributed by atoms with E-state index in [0.717, 1.165) is 37.8 Å². The van der Waals surface area contributed by atoms with Gasteiger partial charge in [0.1, 0.15) is 0 Å². The molecule has 0 aliphatic rings. The molecule has 0 bridgehead atoms. The van der Waals surface area contributed by atoms with Crippen molar-refractivity contribution in [2.45, 2.75) is 32.6 Å². The van der Waals surface area contributed by atoms with E-state index in [9.17, 15) is 8.78 Å². The second-order valence-electron chi connectivity index (χ2n) is 3.72. The lowest BCUT2D eigenvalue weighted by Crippen LogP contribution is -2.02. The first-order valence-corrected chi connectivity index (χ1v) is 5.52. The highest BCUT2D eigenvalue weighted by atomic mass is 19.1. The summed E-state index contributed by atoms with van der Waals surface area (Å²) in [5, 5.41) is 0. The van der Waals surface area contributed by atoms with Crippen LogP contribution < -0.4 is 10.5 Å². The third-order valence-corrected chi connectivity index (χ3v) is 2.26. The van der Waals surface area contributed by atoms with Crippen LogP contribution >= 0.6 is 0 Å². The molecular formula is C12H17F2NO. The minimum absolute atomic E-state index is 0.0633. The number of nitrogen functional groups attached to an aromatic ring is 1. The average molecular weight is 229 g/mol. The van der Waals surface area contributed by atoms with E-state index >= 15 is 0 Å². The Kier molecular flexibility index (Phi) is 5.02. The first kappa shape index (κ1) is 12.7. The van der Waals surface area contributed by atoms with E-state index in [0.29, 0.717) is 6.61 Å². The summed E-state index contributed by atoms with van der Waals surface area (Å²) in [6.07, 6.45) is 4.03. The molecule has 2 nitrogen and oxygen atoms in total. The maximum atomic E-state index is 13.2. The second kappa shape index (κ2) is 6.30. The number of hydrogen-bond donors (Lipinski definition) is 1. The maximum absolute atomic E-state index is 13.2. The van der Waals surface area contributed by atoms with Crippen LogP contribution in [0.3, 0.4) is 0 Å². The van der Waals surface area contributed by atoms with Crippen molar-refractivity contribution in [3.63, 3.8) is 0 Å². The molecule has 16 heavy (non-hydrogen) atoms. The van der Waals surface area contributed by atoms with Crippen molar-refractivity contribution in [3.8, 4) is 5.75 Å². The van der Waals surface area contributed by atoms with Gasteiger partial charge in [-0.1, -0.05) is 26.2 Å². The van der Waals surface area contributed by atoms with Gasteiger partial charge in [-0.3, -0.25) is 0 Å². The zero-order valence-electron chi connectivity index (χ0n) is 9.43. The lowest BCUT2D eigenvalue weighted by Gasteiger charge is -2.08. The molecule has 0 spiro atoms. The molecule has 0 heterocycles. The zero-order valence-corrected chi connectivity index (χ0v) is 9.43. The highest BCUT2D eigenvalue weighted by molar-refractivity contribution is 5.44. The van der Waals surface area contributed by atoms with E-state index in [-0.39, 0.29) is 11.4 Å². The van der Waals surface area contributed by atoms with Crippen LogP contribution in [-0.2, 0) is 0 Å². The lowest BCUT2D eigenvalue weighted by atomic mass is 10.2. The van der Waals surface area contributed by atoms with E-state index in [1.54, 1.807) is 0 Å². The SMILES string of the molecule is CCCCCCOc1c(F)cc(N)cc1F. The van der Waals surface area contributed by atoms with Crippen molar-refractivity contribution < 1.29 is 13.5 Å². The van der Waals surface area contributed by atoms with Crippen molar-refractivity contribution >= 4 is 5.69 Å². The minimum Gasteiger partial charge on any atom is -0.488 e. The summed E-state index contributed by atoms with van der Waals surface area (Å²) in [7, 11) is 0. The minimum atomic E-state index is -0.743. The normalized spacial score (nSPS) is 10.4. The first-order chi connectivity index (χ1) is 7.65. The monoisotopic (exact) mass is 229 g/mol. The summed E-state index contributed by atoms with van der Waals surface area (Å²) in [6, 6.07) is 2.12. The van der Waals surface area contributed by atoms with E-state index in [2.05, 4.69) is 6.92 Å². The number of hydrogen-bond acceptors (Lipinski definition) is 2. The van der Waals surface area contributed by atoms with Gasteiger partial charge >= 0.3 is 0 Å². The van der Waals surface area contributed by atoms with E-state index in [1.807, 2.05) is 0 Å². The summed E-state index contributed by atoms with van der Waals surface area (Å²) in [5.41, 5.74) is 5.35. The van der Waals surface area contributed by atoms with Gasteiger partial charge < -0.3 is 10.5 Å². The largest absolute Gasteiger partial charge is 0.488 e. The van der Waals surface area contributed by atoms with Gasteiger partial charge in [0, 0.05) is 17.8 Å². The van der Waals surface area contributed by atoms with E-state index in [4.69, 9.17) is 10.5 Å². The highest BCUT2D eigenvalue weighted by Gasteiger charge is 2.11. The fourth-order valence-corrected chi connectivity index (χ4v) is 1.42. The van der Waals surface area contributed by atoms with E-state index in [1.165, 1.54) is 0 Å². The van der Waals surface area contributed by atoms with Crippen LogP contribution in [0.25, 0.3) is 0 Å². The van der Waals surface area contributed by atoms with Gasteiger partial charge in [-0.15, -0.1) is 0 Å². The topological polar surface area (TPSA) is 35.2 Å². The number of halogens is 2. The van der Waals surface area contributed by atoms with Crippen molar-refractivity contribution in [3.05, 3.63) is 23.8 Å². The van der Waals surface area contributed by atoms with Crippen molar-refractivity contribution in [2.75, 3.05) is 12.3 Å². The molecule has 0 fully saturated rings. The van der Waals surface area contributed by atoms with Gasteiger partial charge in [-0.2, -0.15) is 0 Å². The highest BCUT2D eigenvalue weighted by Crippen LogP contribution is 2.24. The van der Waals surface area contributed by atoms with E-state index < -0.39 is 11.6 Å². The first-order valence-electron chi connectivity index (χ1n) is 5.52. The number of anilines is 1. The molecule has 4 heteroatoms. The summed E-state index contributed by atoms with van der Waals surface area (Å²) < 4.78 is 31.5. The molecule has 0 unspecified atom stereocenters. The molecule has 0 atom stereocenters. The Hall–Kier alpha value is -1.32. The molecule has 90 valence electrons. The molecule has 1 aromatic rings. The predicted molar refractivity (Wildman–Crippen MR) is 60.4 cm³/mol. The number of rotatable bonds is 6. The Morgan fingerprint density at radius 3 is 2.31 bits per heavy atom. The van der Waals surface area contributed by atoms with Crippen molar-refractivity contribution in [1.29, 1.82) is 0 Å². The van der Waals surface area contributed by atoms with Crippen LogP contribution in [0.5, 0.6) is 5.75 Å². The third-order valence-electron chi connectivity index (χ3n) is 2.26. The smallest absolute Gasteiger partial charge is 0.190 e. The molecule has 0 aliphatic heterocycles.